The van der Waals surface area contributed by atoms with E-state index in [1.54, 1.807) is 0 Å². The second-order valence-corrected chi connectivity index (χ2v) is 8.07. The van der Waals surface area contributed by atoms with E-state index in [4.69, 9.17) is 0 Å². The minimum atomic E-state index is 1.06. The van der Waals surface area contributed by atoms with Gasteiger partial charge in [0.05, 0.1) is 0 Å². The van der Waals surface area contributed by atoms with Crippen molar-refractivity contribution < 1.29 is 0 Å². The third kappa shape index (κ3) is 7.36. The first-order valence-corrected chi connectivity index (χ1v) is 9.88. The Labute approximate surface area is 170 Å². The Morgan fingerprint density at radius 3 is 0.850 bits per heavy atom. The molecule has 0 aromatic heterocycles. The van der Waals surface area contributed by atoms with Gasteiger partial charge >= 0.3 is 0 Å². The first-order chi connectivity index (χ1) is 9.43. The van der Waals surface area contributed by atoms with Crippen LogP contribution in [0.15, 0.2) is 76.4 Å². The lowest BCUT2D eigenvalue weighted by Gasteiger charge is -1.95. The monoisotopic (exact) mass is 652 g/mol. The van der Waals surface area contributed by atoms with Crippen molar-refractivity contribution >= 4 is 95.6 Å². The minimum Gasteiger partial charge on any atom is -0.106 e. The SMILES string of the molecule is Brc1cccc(Br)c1Br.Brc1cccc(Br)c1Br.C=C. The van der Waals surface area contributed by atoms with E-state index in [1.165, 1.54) is 0 Å². The van der Waals surface area contributed by atoms with Gasteiger partial charge in [0.15, 0.2) is 0 Å². The van der Waals surface area contributed by atoms with Crippen molar-refractivity contribution in [3.8, 4) is 0 Å². The zero-order valence-corrected chi connectivity index (χ0v) is 19.7. The molecule has 108 valence electrons. The Balaban J connectivity index is 0.000000321. The van der Waals surface area contributed by atoms with Crippen LogP contribution in [0.4, 0.5) is 0 Å². The first-order valence-electron chi connectivity index (χ1n) is 5.12. The van der Waals surface area contributed by atoms with E-state index in [0.717, 1.165) is 26.8 Å². The van der Waals surface area contributed by atoms with Gasteiger partial charge in [-0.3, -0.25) is 0 Å². The standard InChI is InChI=1S/2C6H3Br3.C2H4/c2*7-4-2-1-3-5(8)6(4)9;1-2/h2*1-3H;1-2H2. The third-order valence-electron chi connectivity index (χ3n) is 1.81. The minimum absolute atomic E-state index is 1.06. The van der Waals surface area contributed by atoms with Crippen LogP contribution in [0.3, 0.4) is 0 Å². The maximum Gasteiger partial charge on any atom is 0.0459 e. The molecule has 0 fully saturated rings. The predicted molar refractivity (Wildman–Crippen MR) is 110 cm³/mol. The van der Waals surface area contributed by atoms with Crippen molar-refractivity contribution in [3.63, 3.8) is 0 Å². The quantitative estimate of drug-likeness (QED) is 0.196. The van der Waals surface area contributed by atoms with Crippen LogP contribution in [0.1, 0.15) is 0 Å². The molecule has 2 aromatic carbocycles. The molecule has 0 aliphatic carbocycles. The highest BCUT2D eigenvalue weighted by Crippen LogP contribution is 2.30. The van der Waals surface area contributed by atoms with Gasteiger partial charge in [0.1, 0.15) is 0 Å². The molecule has 0 atom stereocenters. The Bertz CT molecular complexity index is 463. The fraction of sp³-hybridized carbons (Fsp3) is 0. The maximum absolute atomic E-state index is 3.39. The van der Waals surface area contributed by atoms with Crippen molar-refractivity contribution in [2.24, 2.45) is 0 Å². The molecule has 0 aliphatic heterocycles. The summed E-state index contributed by atoms with van der Waals surface area (Å²) in [6.45, 7) is 6.00. The van der Waals surface area contributed by atoms with Crippen molar-refractivity contribution in [2.45, 2.75) is 0 Å². The van der Waals surface area contributed by atoms with Crippen LogP contribution in [0, 0.1) is 0 Å². The Morgan fingerprint density at radius 2 is 0.700 bits per heavy atom. The Hall–Kier alpha value is 1.06. The van der Waals surface area contributed by atoms with Gasteiger partial charge in [0.25, 0.3) is 0 Å². The van der Waals surface area contributed by atoms with Gasteiger partial charge in [-0.15, -0.1) is 13.2 Å². The molecule has 0 N–H and O–H groups in total. The van der Waals surface area contributed by atoms with E-state index < -0.39 is 0 Å². The molecule has 0 unspecified atom stereocenters. The van der Waals surface area contributed by atoms with Gasteiger partial charge in [-0.1, -0.05) is 12.1 Å². The highest BCUT2D eigenvalue weighted by Gasteiger charge is 1.98. The van der Waals surface area contributed by atoms with Gasteiger partial charge in [-0.25, -0.2) is 0 Å². The van der Waals surface area contributed by atoms with Crippen LogP contribution < -0.4 is 0 Å². The van der Waals surface area contributed by atoms with E-state index in [0.29, 0.717) is 0 Å². The van der Waals surface area contributed by atoms with E-state index in [9.17, 15) is 0 Å². The van der Waals surface area contributed by atoms with E-state index >= 15 is 0 Å². The smallest absolute Gasteiger partial charge is 0.0459 e. The first kappa shape index (κ1) is 21.1. The van der Waals surface area contributed by atoms with E-state index in [2.05, 4.69) is 109 Å². The summed E-state index contributed by atoms with van der Waals surface area (Å²) < 4.78 is 6.39. The number of hydrogen-bond acceptors (Lipinski definition) is 0. The largest absolute Gasteiger partial charge is 0.106 e. The van der Waals surface area contributed by atoms with Crippen molar-refractivity contribution in [2.75, 3.05) is 0 Å². The van der Waals surface area contributed by atoms with E-state index in [-0.39, 0.29) is 0 Å². The van der Waals surface area contributed by atoms with Crippen LogP contribution >= 0.6 is 95.6 Å². The van der Waals surface area contributed by atoms with Gasteiger partial charge in [-0.2, -0.15) is 0 Å². The molecule has 6 heteroatoms. The second kappa shape index (κ2) is 11.6. The zero-order chi connectivity index (χ0) is 15.7. The highest BCUT2D eigenvalue weighted by atomic mass is 79.9. The van der Waals surface area contributed by atoms with Crippen molar-refractivity contribution in [3.05, 3.63) is 76.4 Å². The van der Waals surface area contributed by atoms with Crippen molar-refractivity contribution in [1.82, 2.24) is 0 Å². The average molecular weight is 658 g/mol. The molecule has 0 bridgehead atoms. The second-order valence-electron chi connectivity index (χ2n) is 3.07. The van der Waals surface area contributed by atoms with Crippen LogP contribution in [-0.4, -0.2) is 0 Å². The lowest BCUT2D eigenvalue weighted by molar-refractivity contribution is 1.54. The summed E-state index contributed by atoms with van der Waals surface area (Å²) in [4.78, 5) is 0. The lowest BCUT2D eigenvalue weighted by atomic mass is 10.4. The fourth-order valence-corrected chi connectivity index (χ4v) is 3.48. The van der Waals surface area contributed by atoms with E-state index in [1.807, 2.05) is 36.4 Å². The normalized spacial score (nSPS) is 8.90. The molecular weight excluding hydrogens is 648 g/mol. The number of rotatable bonds is 0. The topological polar surface area (TPSA) is 0 Å². The van der Waals surface area contributed by atoms with Gasteiger partial charge in [-0.05, 0) is 120 Å². The highest BCUT2D eigenvalue weighted by molar-refractivity contribution is 9.15. The van der Waals surface area contributed by atoms with Crippen LogP contribution in [-0.2, 0) is 0 Å². The van der Waals surface area contributed by atoms with Gasteiger partial charge in [0.2, 0.25) is 0 Å². The molecule has 0 radical (unpaired) electrons. The number of hydrogen-bond donors (Lipinski definition) is 0. The summed E-state index contributed by atoms with van der Waals surface area (Å²) >= 11 is 20.2. The molecule has 20 heavy (non-hydrogen) atoms. The summed E-state index contributed by atoms with van der Waals surface area (Å²) in [5.74, 6) is 0. The lowest BCUT2D eigenvalue weighted by Crippen LogP contribution is -1.69. The predicted octanol–water partition coefficient (Wildman–Crippen LogP) is 8.75. The molecule has 2 rings (SSSR count). The molecule has 0 heterocycles. The van der Waals surface area contributed by atoms with Crippen LogP contribution in [0.5, 0.6) is 0 Å². The third-order valence-corrected chi connectivity index (χ3v) is 8.29. The summed E-state index contributed by atoms with van der Waals surface area (Å²) in [5.41, 5.74) is 0. The summed E-state index contributed by atoms with van der Waals surface area (Å²) in [7, 11) is 0. The zero-order valence-electron chi connectivity index (χ0n) is 10.1. The molecule has 0 saturated carbocycles. The Kier molecular flexibility index (Phi) is 12.2. The van der Waals surface area contributed by atoms with Gasteiger partial charge < -0.3 is 0 Å². The average Bonchev–Trinajstić information content (AvgIpc) is 2.45. The van der Waals surface area contributed by atoms with Gasteiger partial charge in [0, 0.05) is 26.8 Å². The molecule has 0 nitrogen and oxygen atoms in total. The van der Waals surface area contributed by atoms with Crippen LogP contribution in [0.25, 0.3) is 0 Å². The molecule has 0 saturated heterocycles. The fourth-order valence-electron chi connectivity index (χ4n) is 0.955. The molecule has 0 spiro atoms. The number of halogens is 6. The maximum atomic E-state index is 3.39. The molecule has 2 aromatic rings. The summed E-state index contributed by atoms with van der Waals surface area (Å²) in [5, 5.41) is 0. The Morgan fingerprint density at radius 1 is 0.500 bits per heavy atom. The van der Waals surface area contributed by atoms with Crippen molar-refractivity contribution in [1.29, 1.82) is 0 Å². The summed E-state index contributed by atoms with van der Waals surface area (Å²) in [6.07, 6.45) is 0. The molecular formula is C14H10Br6. The molecule has 0 amide bonds. The summed E-state index contributed by atoms with van der Waals surface area (Å²) in [6, 6.07) is 11.9. The van der Waals surface area contributed by atoms with Crippen LogP contribution in [0.2, 0.25) is 0 Å². The molecule has 0 aliphatic rings. The number of benzene rings is 2.